The summed E-state index contributed by atoms with van der Waals surface area (Å²) in [5.74, 6) is -1.11. The number of hydrogen-bond acceptors (Lipinski definition) is 4. The minimum absolute atomic E-state index is 0.0771. The van der Waals surface area contributed by atoms with E-state index in [1.54, 1.807) is 19.2 Å². The van der Waals surface area contributed by atoms with Crippen LogP contribution >= 0.6 is 0 Å². The molecule has 1 unspecified atom stereocenters. The van der Waals surface area contributed by atoms with E-state index in [2.05, 4.69) is 16.4 Å². The Morgan fingerprint density at radius 2 is 2.03 bits per heavy atom. The zero-order valence-electron chi connectivity index (χ0n) is 21.0. The first-order valence-corrected chi connectivity index (χ1v) is 13.0. The van der Waals surface area contributed by atoms with E-state index >= 15 is 0 Å². The Hall–Kier alpha value is -4.19. The number of fused-ring (bicyclic) bond motifs is 3. The van der Waals surface area contributed by atoms with Crippen molar-refractivity contribution >= 4 is 34.3 Å². The number of nitriles is 1. The van der Waals surface area contributed by atoms with E-state index in [1.165, 1.54) is 21.9 Å². The number of carbonyl (C=O) groups is 3. The first-order valence-electron chi connectivity index (χ1n) is 13.0. The normalized spacial score (nSPS) is 23.1. The summed E-state index contributed by atoms with van der Waals surface area (Å²) in [6.07, 6.45) is 3.71. The van der Waals surface area contributed by atoms with E-state index in [0.29, 0.717) is 28.9 Å². The van der Waals surface area contributed by atoms with Crippen LogP contribution in [-0.2, 0) is 15.0 Å². The highest BCUT2D eigenvalue weighted by molar-refractivity contribution is 6.07. The van der Waals surface area contributed by atoms with E-state index in [0.717, 1.165) is 24.8 Å². The lowest BCUT2D eigenvalue weighted by atomic mass is 9.79. The van der Waals surface area contributed by atoms with Gasteiger partial charge in [0.2, 0.25) is 11.8 Å². The van der Waals surface area contributed by atoms with Crippen molar-refractivity contribution in [2.75, 3.05) is 18.9 Å². The molecule has 1 aromatic heterocycles. The number of aromatic nitrogens is 1. The lowest BCUT2D eigenvalue weighted by Crippen LogP contribution is -2.52. The second kappa shape index (κ2) is 8.98. The zero-order chi connectivity index (χ0) is 26.6. The molecule has 1 spiro atoms. The molecule has 38 heavy (non-hydrogen) atoms. The Kier molecular flexibility index (Phi) is 5.71. The highest BCUT2D eigenvalue weighted by Crippen LogP contribution is 2.46. The molecular weight excluding hydrogens is 485 g/mol. The molecule has 6 rings (SSSR count). The molecule has 1 saturated heterocycles. The maximum absolute atomic E-state index is 14.3. The van der Waals surface area contributed by atoms with E-state index in [4.69, 9.17) is 0 Å². The van der Waals surface area contributed by atoms with Crippen LogP contribution in [0.15, 0.2) is 48.5 Å². The fourth-order valence-electron chi connectivity index (χ4n) is 6.21. The van der Waals surface area contributed by atoms with Crippen molar-refractivity contribution in [3.63, 3.8) is 0 Å². The first-order chi connectivity index (χ1) is 18.3. The summed E-state index contributed by atoms with van der Waals surface area (Å²) in [6, 6.07) is 14.1. The van der Waals surface area contributed by atoms with Crippen molar-refractivity contribution in [3.8, 4) is 6.07 Å². The van der Waals surface area contributed by atoms with Gasteiger partial charge in [-0.3, -0.25) is 14.4 Å². The first kappa shape index (κ1) is 24.2. The summed E-state index contributed by atoms with van der Waals surface area (Å²) in [4.78, 5) is 46.7. The van der Waals surface area contributed by atoms with Gasteiger partial charge in [0.05, 0.1) is 11.5 Å². The number of anilines is 1. The molecule has 3 amide bonds. The molecular formula is C29H28FN5O3. The number of likely N-dealkylation sites (N-methyl/N-ethyl adjacent to an activating group) is 1. The van der Waals surface area contributed by atoms with E-state index < -0.39 is 29.2 Å². The summed E-state index contributed by atoms with van der Waals surface area (Å²) in [7, 11) is 1.58. The minimum Gasteiger partial charge on any atom is -0.350 e. The number of aromatic amines is 1. The van der Waals surface area contributed by atoms with Gasteiger partial charge in [-0.25, -0.2) is 4.39 Å². The number of halogens is 1. The van der Waals surface area contributed by atoms with Gasteiger partial charge in [-0.05, 0) is 42.2 Å². The number of nitrogens with zero attached hydrogens (tertiary/aromatic N) is 3. The molecule has 1 aliphatic carbocycles. The lowest BCUT2D eigenvalue weighted by Gasteiger charge is -2.36. The summed E-state index contributed by atoms with van der Waals surface area (Å²) >= 11 is 0. The maximum atomic E-state index is 14.3. The number of nitrogens with one attached hydrogen (secondary N) is 2. The second-order valence-electron chi connectivity index (χ2n) is 10.7. The van der Waals surface area contributed by atoms with Crippen molar-refractivity contribution in [2.45, 2.75) is 49.6 Å². The molecule has 194 valence electrons. The Labute approximate surface area is 219 Å². The Morgan fingerprint density at radius 3 is 2.74 bits per heavy atom. The van der Waals surface area contributed by atoms with Gasteiger partial charge in [-0.15, -0.1) is 0 Å². The third-order valence-electron chi connectivity index (χ3n) is 8.61. The van der Waals surface area contributed by atoms with Gasteiger partial charge in [-0.1, -0.05) is 43.5 Å². The van der Waals surface area contributed by atoms with Crippen LogP contribution < -0.4 is 5.32 Å². The number of carbonyl (C=O) groups excluding carboxylic acids is 3. The number of H-pyrrole nitrogens is 1. The van der Waals surface area contributed by atoms with Crippen molar-refractivity contribution < 1.29 is 18.8 Å². The molecule has 0 bridgehead atoms. The lowest BCUT2D eigenvalue weighted by molar-refractivity contribution is -0.137. The van der Waals surface area contributed by atoms with Crippen LogP contribution in [0.2, 0.25) is 0 Å². The van der Waals surface area contributed by atoms with Gasteiger partial charge in [0, 0.05) is 36.6 Å². The number of hydrogen-bond donors (Lipinski definition) is 2. The van der Waals surface area contributed by atoms with Gasteiger partial charge in [0.15, 0.2) is 0 Å². The molecule has 3 aromatic rings. The molecule has 1 saturated carbocycles. The summed E-state index contributed by atoms with van der Waals surface area (Å²) in [6.45, 7) is 0.0771. The van der Waals surface area contributed by atoms with Crippen LogP contribution in [0.25, 0.3) is 10.9 Å². The smallest absolute Gasteiger partial charge is 0.270 e. The predicted molar refractivity (Wildman–Crippen MR) is 139 cm³/mol. The average molecular weight is 514 g/mol. The van der Waals surface area contributed by atoms with E-state index in [-0.39, 0.29) is 30.5 Å². The molecule has 3 heterocycles. The standard InChI is InChI=1S/C29H28FN5O3/c1-34(26(36)24-13-19-21(30)9-5-11-22(19)32-24)25(12-17-6-4-7-17)27(37)35-16-29(14-18(35)15-31)20-8-2-3-10-23(20)33-28(29)38/h2-3,5,8-11,13,17-18,25,32H,4,6-7,12,14,16H2,1H3,(H,33,38)/t18?,25-,29-/m0/s1. The number of para-hydroxylation sites is 1. The van der Waals surface area contributed by atoms with Crippen LogP contribution in [0.5, 0.6) is 0 Å². The monoisotopic (exact) mass is 513 g/mol. The highest BCUT2D eigenvalue weighted by Gasteiger charge is 2.56. The SMILES string of the molecule is CN(C(=O)c1cc2c(F)cccc2[nH]1)[C@@H](CC1CCC1)C(=O)N1C[C@]2(CC1C#N)C(=O)Nc1ccccc12. The molecule has 3 atom stereocenters. The molecule has 3 aliphatic rings. The number of rotatable bonds is 5. The Morgan fingerprint density at radius 1 is 1.24 bits per heavy atom. The van der Waals surface area contributed by atoms with Crippen LogP contribution in [0.3, 0.4) is 0 Å². The third-order valence-corrected chi connectivity index (χ3v) is 8.61. The van der Waals surface area contributed by atoms with Gasteiger partial charge in [0.25, 0.3) is 5.91 Å². The topological polar surface area (TPSA) is 109 Å². The Balaban J connectivity index is 1.32. The minimum atomic E-state index is -0.995. The quantitative estimate of drug-likeness (QED) is 0.538. The van der Waals surface area contributed by atoms with Crippen LogP contribution in [0, 0.1) is 23.1 Å². The fraction of sp³-hybridized carbons (Fsp3) is 0.379. The maximum Gasteiger partial charge on any atom is 0.270 e. The van der Waals surface area contributed by atoms with Gasteiger partial charge < -0.3 is 20.1 Å². The summed E-state index contributed by atoms with van der Waals surface area (Å²) in [5, 5.41) is 13.2. The second-order valence-corrected chi connectivity index (χ2v) is 10.7. The number of amides is 3. The number of likely N-dealkylation sites (tertiary alicyclic amines) is 1. The summed E-state index contributed by atoms with van der Waals surface area (Å²) < 4.78 is 14.3. The zero-order valence-corrected chi connectivity index (χ0v) is 21.0. The molecule has 2 aromatic carbocycles. The van der Waals surface area contributed by atoms with Crippen LogP contribution in [-0.4, -0.2) is 58.2 Å². The molecule has 8 nitrogen and oxygen atoms in total. The molecule has 2 N–H and O–H groups in total. The third kappa shape index (κ3) is 3.66. The number of benzene rings is 2. The largest absolute Gasteiger partial charge is 0.350 e. The molecule has 9 heteroatoms. The van der Waals surface area contributed by atoms with Crippen molar-refractivity contribution in [1.29, 1.82) is 5.26 Å². The molecule has 2 fully saturated rings. The van der Waals surface area contributed by atoms with Crippen molar-refractivity contribution in [2.24, 2.45) is 5.92 Å². The Bertz CT molecular complexity index is 1510. The fourth-order valence-corrected chi connectivity index (χ4v) is 6.21. The van der Waals surface area contributed by atoms with Crippen LogP contribution in [0.4, 0.5) is 10.1 Å². The predicted octanol–water partition coefficient (Wildman–Crippen LogP) is 3.95. The van der Waals surface area contributed by atoms with Gasteiger partial charge in [0.1, 0.15) is 23.6 Å². The highest BCUT2D eigenvalue weighted by atomic mass is 19.1. The van der Waals surface area contributed by atoms with Crippen molar-refractivity contribution in [1.82, 2.24) is 14.8 Å². The average Bonchev–Trinajstić information content (AvgIpc) is 3.58. The van der Waals surface area contributed by atoms with Crippen LogP contribution in [0.1, 0.15) is 48.2 Å². The van der Waals surface area contributed by atoms with Gasteiger partial charge in [-0.2, -0.15) is 5.26 Å². The van der Waals surface area contributed by atoms with Gasteiger partial charge >= 0.3 is 0 Å². The van der Waals surface area contributed by atoms with E-state index in [9.17, 15) is 24.0 Å². The van der Waals surface area contributed by atoms with E-state index in [1.807, 2.05) is 24.3 Å². The molecule has 2 aliphatic heterocycles. The molecule has 0 radical (unpaired) electrons. The summed E-state index contributed by atoms with van der Waals surface area (Å²) in [5.41, 5.74) is 1.19. The van der Waals surface area contributed by atoms with Crippen molar-refractivity contribution in [3.05, 3.63) is 65.6 Å².